The first-order valence-electron chi connectivity index (χ1n) is 13.3. The van der Waals surface area contributed by atoms with Crippen LogP contribution in [0.25, 0.3) is 16.6 Å². The first-order valence-corrected chi connectivity index (χ1v) is 14.1. The van der Waals surface area contributed by atoms with Gasteiger partial charge in [0.25, 0.3) is 0 Å². The SMILES string of the molecule is CC(=O)N1CC[C@]2(CC[C@@H](n3ncc(-c4cc(Sc5ccccc5C#N)c5c(C#N)cnn5c4)c3C)CC2)C1. The van der Waals surface area contributed by atoms with Gasteiger partial charge in [0.1, 0.15) is 12.1 Å². The summed E-state index contributed by atoms with van der Waals surface area (Å²) in [6, 6.07) is 14.4. The Labute approximate surface area is 231 Å². The molecule has 1 amide bonds. The molecule has 1 aromatic carbocycles. The Balaban J connectivity index is 1.31. The van der Waals surface area contributed by atoms with Gasteiger partial charge in [-0.15, -0.1) is 0 Å². The van der Waals surface area contributed by atoms with Gasteiger partial charge < -0.3 is 4.90 Å². The third-order valence-electron chi connectivity index (χ3n) is 8.53. The highest BCUT2D eigenvalue weighted by Crippen LogP contribution is 2.47. The number of carbonyl (C=O) groups is 1. The quantitative estimate of drug-likeness (QED) is 0.329. The minimum Gasteiger partial charge on any atom is -0.342 e. The monoisotopic (exact) mass is 535 g/mol. The van der Waals surface area contributed by atoms with Crippen LogP contribution in [0, 0.1) is 35.0 Å². The van der Waals surface area contributed by atoms with Crippen molar-refractivity contribution in [2.75, 3.05) is 13.1 Å². The standard InChI is InChI=1S/C30H29N7OS/c1-20-26(17-34-37(20)25-7-9-30(10-8-25)11-12-35(19-30)21(2)38)23-13-28(29-24(15-32)16-33-36(29)18-23)39-27-6-4-3-5-22(27)14-31/h3-6,13,16-18,25H,7-12,19H2,1-2H3/t25-,30-. The van der Waals surface area contributed by atoms with Crippen LogP contribution in [-0.2, 0) is 4.79 Å². The van der Waals surface area contributed by atoms with E-state index < -0.39 is 0 Å². The van der Waals surface area contributed by atoms with E-state index >= 15 is 0 Å². The van der Waals surface area contributed by atoms with Gasteiger partial charge in [0.2, 0.25) is 5.91 Å². The molecule has 1 aliphatic heterocycles. The van der Waals surface area contributed by atoms with Gasteiger partial charge in [-0.25, -0.2) is 4.52 Å². The van der Waals surface area contributed by atoms with Gasteiger partial charge in [0.15, 0.2) is 0 Å². The summed E-state index contributed by atoms with van der Waals surface area (Å²) < 4.78 is 3.93. The number of aromatic nitrogens is 4. The molecule has 2 fully saturated rings. The number of nitrogens with zero attached hydrogens (tertiary/aromatic N) is 7. The maximum Gasteiger partial charge on any atom is 0.219 e. The summed E-state index contributed by atoms with van der Waals surface area (Å²) in [5.41, 5.74) is 5.20. The molecule has 8 nitrogen and oxygen atoms in total. The van der Waals surface area contributed by atoms with E-state index in [1.807, 2.05) is 35.5 Å². The van der Waals surface area contributed by atoms with E-state index in [2.05, 4.69) is 34.9 Å². The maximum absolute atomic E-state index is 11.9. The lowest BCUT2D eigenvalue weighted by molar-refractivity contribution is -0.128. The average molecular weight is 536 g/mol. The molecule has 4 aromatic rings. The van der Waals surface area contributed by atoms with Crippen molar-refractivity contribution in [1.29, 1.82) is 10.5 Å². The van der Waals surface area contributed by atoms with Crippen molar-refractivity contribution < 1.29 is 4.79 Å². The lowest BCUT2D eigenvalue weighted by Gasteiger charge is -2.37. The minimum absolute atomic E-state index is 0.186. The first-order chi connectivity index (χ1) is 18.9. The predicted molar refractivity (Wildman–Crippen MR) is 148 cm³/mol. The van der Waals surface area contributed by atoms with Crippen molar-refractivity contribution in [3.05, 3.63) is 65.7 Å². The number of fused-ring (bicyclic) bond motifs is 1. The van der Waals surface area contributed by atoms with Crippen LogP contribution in [0.1, 0.15) is 61.9 Å². The lowest BCUT2D eigenvalue weighted by atomic mass is 9.72. The second kappa shape index (κ2) is 9.91. The van der Waals surface area contributed by atoms with Crippen molar-refractivity contribution in [1.82, 2.24) is 24.3 Å². The molecule has 6 rings (SSSR count). The number of hydrogen-bond acceptors (Lipinski definition) is 6. The second-order valence-corrected chi connectivity index (χ2v) is 11.9. The molecule has 39 heavy (non-hydrogen) atoms. The van der Waals surface area contributed by atoms with E-state index in [0.717, 1.165) is 77.3 Å². The van der Waals surface area contributed by atoms with Crippen LogP contribution in [0.4, 0.5) is 0 Å². The van der Waals surface area contributed by atoms with Crippen LogP contribution in [0.5, 0.6) is 0 Å². The van der Waals surface area contributed by atoms with Crippen molar-refractivity contribution >= 4 is 23.2 Å². The number of benzene rings is 1. The number of pyridine rings is 1. The largest absolute Gasteiger partial charge is 0.342 e. The van der Waals surface area contributed by atoms with E-state index in [9.17, 15) is 15.3 Å². The van der Waals surface area contributed by atoms with Crippen molar-refractivity contribution in [3.63, 3.8) is 0 Å². The summed E-state index contributed by atoms with van der Waals surface area (Å²) in [5.74, 6) is 0.186. The molecule has 0 N–H and O–H groups in total. The van der Waals surface area contributed by atoms with E-state index in [1.165, 1.54) is 11.8 Å². The topological polar surface area (TPSA) is 103 Å². The van der Waals surface area contributed by atoms with Gasteiger partial charge in [-0.2, -0.15) is 20.7 Å². The third kappa shape index (κ3) is 4.47. The molecule has 0 radical (unpaired) electrons. The molecular weight excluding hydrogens is 506 g/mol. The fraction of sp³-hybridized carbons (Fsp3) is 0.367. The number of hydrogen-bond donors (Lipinski definition) is 0. The zero-order chi connectivity index (χ0) is 27.1. The van der Waals surface area contributed by atoms with Gasteiger partial charge in [0.05, 0.1) is 35.1 Å². The van der Waals surface area contributed by atoms with Crippen molar-refractivity contribution in [2.24, 2.45) is 5.41 Å². The Hall–Kier alpha value is -4.08. The normalized spacial score (nSPS) is 20.8. The van der Waals surface area contributed by atoms with Gasteiger partial charge in [-0.3, -0.25) is 9.48 Å². The Morgan fingerprint density at radius 1 is 1.05 bits per heavy atom. The van der Waals surface area contributed by atoms with Crippen LogP contribution in [-0.4, -0.2) is 43.3 Å². The molecule has 1 saturated carbocycles. The third-order valence-corrected chi connectivity index (χ3v) is 9.63. The number of likely N-dealkylation sites (tertiary alicyclic amines) is 1. The number of nitriles is 2. The molecule has 1 saturated heterocycles. The molecule has 1 aliphatic carbocycles. The molecule has 4 heterocycles. The lowest BCUT2D eigenvalue weighted by Crippen LogP contribution is -2.34. The fourth-order valence-corrected chi connectivity index (χ4v) is 7.40. The Morgan fingerprint density at radius 2 is 1.82 bits per heavy atom. The van der Waals surface area contributed by atoms with E-state index in [0.29, 0.717) is 17.2 Å². The Morgan fingerprint density at radius 3 is 2.54 bits per heavy atom. The molecule has 1 spiro atoms. The molecule has 2 aliphatic rings. The highest BCUT2D eigenvalue weighted by molar-refractivity contribution is 7.99. The number of carbonyl (C=O) groups excluding carboxylic acids is 1. The zero-order valence-corrected chi connectivity index (χ0v) is 22.9. The summed E-state index contributed by atoms with van der Waals surface area (Å²) in [6.45, 7) is 5.56. The highest BCUT2D eigenvalue weighted by Gasteiger charge is 2.42. The predicted octanol–water partition coefficient (Wildman–Crippen LogP) is 5.75. The molecule has 196 valence electrons. The van der Waals surface area contributed by atoms with Crippen LogP contribution >= 0.6 is 11.8 Å². The molecule has 0 unspecified atom stereocenters. The van der Waals surface area contributed by atoms with Gasteiger partial charge in [-0.05, 0) is 62.6 Å². The van der Waals surface area contributed by atoms with E-state index in [4.69, 9.17) is 5.10 Å². The molecular formula is C30H29N7OS. The van der Waals surface area contributed by atoms with Gasteiger partial charge in [0, 0.05) is 52.8 Å². The maximum atomic E-state index is 11.9. The summed E-state index contributed by atoms with van der Waals surface area (Å²) in [6.07, 6.45) is 10.9. The number of rotatable bonds is 4. The van der Waals surface area contributed by atoms with Gasteiger partial charge >= 0.3 is 0 Å². The summed E-state index contributed by atoms with van der Waals surface area (Å²) in [5, 5.41) is 28.6. The Bertz CT molecular complexity index is 1660. The van der Waals surface area contributed by atoms with Crippen LogP contribution in [0.15, 0.2) is 58.7 Å². The zero-order valence-electron chi connectivity index (χ0n) is 22.1. The molecule has 3 aromatic heterocycles. The average Bonchev–Trinajstić information content (AvgIpc) is 3.67. The number of amides is 1. The Kier molecular flexibility index (Phi) is 6.40. The molecule has 9 heteroatoms. The smallest absolute Gasteiger partial charge is 0.219 e. The second-order valence-electron chi connectivity index (χ2n) is 10.8. The summed E-state index contributed by atoms with van der Waals surface area (Å²) in [7, 11) is 0. The minimum atomic E-state index is 0.186. The van der Waals surface area contributed by atoms with Crippen molar-refractivity contribution in [3.8, 4) is 23.3 Å². The van der Waals surface area contributed by atoms with Crippen LogP contribution in [0.2, 0.25) is 0 Å². The summed E-state index contributed by atoms with van der Waals surface area (Å²) in [4.78, 5) is 15.6. The van der Waals surface area contributed by atoms with Crippen LogP contribution < -0.4 is 0 Å². The molecule has 0 bridgehead atoms. The fourth-order valence-electron chi connectivity index (χ4n) is 6.30. The highest BCUT2D eigenvalue weighted by atomic mass is 32.2. The van der Waals surface area contributed by atoms with Crippen LogP contribution in [0.3, 0.4) is 0 Å². The first kappa shape index (κ1) is 25.2. The van der Waals surface area contributed by atoms with E-state index in [-0.39, 0.29) is 11.3 Å². The van der Waals surface area contributed by atoms with E-state index in [1.54, 1.807) is 23.7 Å². The summed E-state index contributed by atoms with van der Waals surface area (Å²) >= 11 is 1.48. The molecule has 0 atom stereocenters. The van der Waals surface area contributed by atoms with Crippen molar-refractivity contribution in [2.45, 2.75) is 61.8 Å². The van der Waals surface area contributed by atoms with Gasteiger partial charge in [-0.1, -0.05) is 23.9 Å².